The molecule has 0 spiro atoms. The number of aliphatic carboxylic acids is 1. The second kappa shape index (κ2) is 7.33. The van der Waals surface area contributed by atoms with Crippen molar-refractivity contribution in [1.29, 1.82) is 0 Å². The van der Waals surface area contributed by atoms with Gasteiger partial charge < -0.3 is 20.3 Å². The second-order valence-corrected chi connectivity index (χ2v) is 7.28. The van der Waals surface area contributed by atoms with E-state index >= 15 is 0 Å². The van der Waals surface area contributed by atoms with Gasteiger partial charge in [0.2, 0.25) is 5.54 Å². The van der Waals surface area contributed by atoms with Crippen molar-refractivity contribution in [3.8, 4) is 0 Å². The van der Waals surface area contributed by atoms with Gasteiger partial charge in [0.25, 0.3) is 0 Å². The number of benzene rings is 1. The first-order valence-electron chi connectivity index (χ1n) is 8.27. The zero-order chi connectivity index (χ0) is 19.5. The Bertz CT molecular complexity index is 685. The Kier molecular flexibility index (Phi) is 5.56. The van der Waals surface area contributed by atoms with Gasteiger partial charge in [-0.3, -0.25) is 4.90 Å². The topological polar surface area (TPSA) is 119 Å². The summed E-state index contributed by atoms with van der Waals surface area (Å²) in [5.74, 6) is -2.52. The zero-order valence-corrected chi connectivity index (χ0v) is 15.1. The van der Waals surface area contributed by atoms with Crippen LogP contribution in [0, 0.1) is 0 Å². The van der Waals surface area contributed by atoms with Crippen molar-refractivity contribution in [3.05, 3.63) is 35.9 Å². The molecule has 1 aliphatic heterocycles. The molecule has 0 aliphatic carbocycles. The molecule has 1 aromatic rings. The first kappa shape index (κ1) is 19.7. The first-order valence-corrected chi connectivity index (χ1v) is 8.27. The summed E-state index contributed by atoms with van der Waals surface area (Å²) < 4.78 is 10.5. The van der Waals surface area contributed by atoms with Crippen molar-refractivity contribution in [1.82, 2.24) is 4.90 Å². The summed E-state index contributed by atoms with van der Waals surface area (Å²) in [6.07, 6.45) is -1.16. The van der Waals surface area contributed by atoms with E-state index in [1.54, 1.807) is 45.0 Å². The number of carboxylic acids is 1. The quantitative estimate of drug-likeness (QED) is 0.614. The van der Waals surface area contributed by atoms with Crippen molar-refractivity contribution in [2.75, 3.05) is 6.54 Å². The van der Waals surface area contributed by atoms with E-state index in [0.29, 0.717) is 0 Å². The molecule has 0 saturated carbocycles. The van der Waals surface area contributed by atoms with Crippen molar-refractivity contribution in [3.63, 3.8) is 0 Å². The van der Waals surface area contributed by atoms with Crippen LogP contribution in [-0.4, -0.2) is 51.8 Å². The van der Waals surface area contributed by atoms with Crippen LogP contribution >= 0.6 is 0 Å². The molecule has 1 heterocycles. The van der Waals surface area contributed by atoms with E-state index in [1.165, 1.54) is 0 Å². The van der Waals surface area contributed by atoms with Crippen LogP contribution in [-0.2, 0) is 25.7 Å². The van der Waals surface area contributed by atoms with E-state index in [-0.39, 0.29) is 19.6 Å². The van der Waals surface area contributed by atoms with Gasteiger partial charge in [-0.25, -0.2) is 14.4 Å². The number of rotatable bonds is 4. The molecule has 8 nitrogen and oxygen atoms in total. The average molecular weight is 364 g/mol. The van der Waals surface area contributed by atoms with Crippen molar-refractivity contribution < 1.29 is 29.0 Å². The Hall–Kier alpha value is -2.61. The molecule has 0 unspecified atom stereocenters. The number of nitrogens with two attached hydrogens (primary N) is 1. The van der Waals surface area contributed by atoms with Crippen LogP contribution in [0.5, 0.6) is 0 Å². The molecule has 1 aliphatic rings. The summed E-state index contributed by atoms with van der Waals surface area (Å²) in [4.78, 5) is 38.0. The number of carbonyl (C=O) groups is 3. The maximum absolute atomic E-state index is 12.7. The molecule has 142 valence electrons. The molecule has 0 radical (unpaired) electrons. The van der Waals surface area contributed by atoms with Gasteiger partial charge in [0.1, 0.15) is 12.2 Å². The number of likely N-dealkylation sites (tertiary alicyclic amines) is 1. The zero-order valence-electron chi connectivity index (χ0n) is 15.1. The Morgan fingerprint density at radius 1 is 1.27 bits per heavy atom. The summed E-state index contributed by atoms with van der Waals surface area (Å²) in [6, 6.07) is 8.25. The number of ether oxygens (including phenoxy) is 2. The SMILES string of the molecule is CC(C)(C)OC(=O)[C@@]1(C(=O)O)C[C@@H](N)CN1C(=O)OCc1ccccc1. The normalized spacial score (nSPS) is 22.8. The van der Waals surface area contributed by atoms with Crippen LogP contribution in [0.3, 0.4) is 0 Å². The van der Waals surface area contributed by atoms with Gasteiger partial charge in [0.05, 0.1) is 0 Å². The molecule has 2 rings (SSSR count). The van der Waals surface area contributed by atoms with Gasteiger partial charge >= 0.3 is 18.0 Å². The number of amides is 1. The van der Waals surface area contributed by atoms with Crippen molar-refractivity contribution in [2.24, 2.45) is 5.73 Å². The molecular formula is C18H24N2O6. The molecule has 1 saturated heterocycles. The maximum Gasteiger partial charge on any atom is 0.411 e. The van der Waals surface area contributed by atoms with Crippen LogP contribution in [0.1, 0.15) is 32.8 Å². The molecule has 26 heavy (non-hydrogen) atoms. The fourth-order valence-electron chi connectivity index (χ4n) is 2.82. The largest absolute Gasteiger partial charge is 0.479 e. The molecule has 8 heteroatoms. The molecule has 1 aromatic carbocycles. The molecule has 1 fully saturated rings. The third kappa shape index (κ3) is 4.13. The Balaban J connectivity index is 2.24. The highest BCUT2D eigenvalue weighted by molar-refractivity contribution is 6.07. The summed E-state index contributed by atoms with van der Waals surface area (Å²) in [7, 11) is 0. The lowest BCUT2D eigenvalue weighted by Crippen LogP contribution is -2.60. The van der Waals surface area contributed by atoms with Gasteiger partial charge in [0, 0.05) is 19.0 Å². The van der Waals surface area contributed by atoms with Crippen LogP contribution < -0.4 is 5.73 Å². The lowest BCUT2D eigenvalue weighted by molar-refractivity contribution is -0.176. The van der Waals surface area contributed by atoms with Crippen LogP contribution in [0.2, 0.25) is 0 Å². The minimum absolute atomic E-state index is 0.0462. The predicted molar refractivity (Wildman–Crippen MR) is 92.1 cm³/mol. The monoisotopic (exact) mass is 364 g/mol. The van der Waals surface area contributed by atoms with Gasteiger partial charge in [-0.05, 0) is 26.3 Å². The highest BCUT2D eigenvalue weighted by atomic mass is 16.6. The van der Waals surface area contributed by atoms with E-state index in [9.17, 15) is 19.5 Å². The summed E-state index contributed by atoms with van der Waals surface area (Å²) in [5, 5.41) is 9.75. The first-order chi connectivity index (χ1) is 12.1. The van der Waals surface area contributed by atoms with E-state index in [4.69, 9.17) is 15.2 Å². The third-order valence-corrected chi connectivity index (χ3v) is 3.95. The van der Waals surface area contributed by atoms with Gasteiger partial charge in [0.15, 0.2) is 0 Å². The minimum atomic E-state index is -2.19. The highest BCUT2D eigenvalue weighted by Gasteiger charge is 2.61. The molecular weight excluding hydrogens is 340 g/mol. The Morgan fingerprint density at radius 2 is 1.88 bits per heavy atom. The smallest absolute Gasteiger partial charge is 0.411 e. The number of hydrogen-bond donors (Lipinski definition) is 2. The van der Waals surface area contributed by atoms with E-state index in [0.717, 1.165) is 10.5 Å². The molecule has 1 amide bonds. The predicted octanol–water partition coefficient (Wildman–Crippen LogP) is 1.52. The fraction of sp³-hybridized carbons (Fsp3) is 0.500. The fourth-order valence-corrected chi connectivity index (χ4v) is 2.82. The minimum Gasteiger partial charge on any atom is -0.479 e. The van der Waals surface area contributed by atoms with Crippen LogP contribution in [0.25, 0.3) is 0 Å². The second-order valence-electron chi connectivity index (χ2n) is 7.28. The number of hydrogen-bond acceptors (Lipinski definition) is 6. The van der Waals surface area contributed by atoms with Crippen molar-refractivity contribution in [2.45, 2.75) is 51.0 Å². The number of nitrogens with zero attached hydrogens (tertiary/aromatic N) is 1. The average Bonchev–Trinajstić information content (AvgIpc) is 2.91. The van der Waals surface area contributed by atoms with Gasteiger partial charge in [-0.2, -0.15) is 0 Å². The molecule has 3 N–H and O–H groups in total. The molecule has 0 bridgehead atoms. The van der Waals surface area contributed by atoms with Crippen LogP contribution in [0.15, 0.2) is 30.3 Å². The summed E-state index contributed by atoms with van der Waals surface area (Å²) in [6.45, 7) is 4.70. The lowest BCUT2D eigenvalue weighted by atomic mass is 9.94. The van der Waals surface area contributed by atoms with Gasteiger partial charge in [-0.1, -0.05) is 30.3 Å². The molecule has 0 aromatic heterocycles. The van der Waals surface area contributed by atoms with Crippen LogP contribution in [0.4, 0.5) is 4.79 Å². The molecule has 2 atom stereocenters. The van der Waals surface area contributed by atoms with E-state index in [2.05, 4.69) is 0 Å². The number of carboxylic acid groups (broad SMARTS) is 1. The maximum atomic E-state index is 12.7. The summed E-state index contributed by atoms with van der Waals surface area (Å²) in [5.41, 5.74) is 3.50. The van der Waals surface area contributed by atoms with E-state index in [1.807, 2.05) is 6.07 Å². The summed E-state index contributed by atoms with van der Waals surface area (Å²) >= 11 is 0. The van der Waals surface area contributed by atoms with E-state index < -0.39 is 35.2 Å². The standard InChI is InChI=1S/C18H24N2O6/c1-17(2,3)26-15(23)18(14(21)22)9-13(19)10-20(18)16(24)25-11-12-7-5-4-6-8-12/h4-8,13H,9-11,19H2,1-3H3,(H,21,22)/t13-,18+/m1/s1. The Labute approximate surface area is 151 Å². The lowest BCUT2D eigenvalue weighted by Gasteiger charge is -2.34. The van der Waals surface area contributed by atoms with Crippen molar-refractivity contribution >= 4 is 18.0 Å². The number of esters is 1. The Morgan fingerprint density at radius 3 is 2.42 bits per heavy atom. The highest BCUT2D eigenvalue weighted by Crippen LogP contribution is 2.33. The van der Waals surface area contributed by atoms with Gasteiger partial charge in [-0.15, -0.1) is 0 Å². The third-order valence-electron chi connectivity index (χ3n) is 3.95. The number of carbonyl (C=O) groups excluding carboxylic acids is 2.